The Balaban J connectivity index is 1.97. The molecule has 2 aliphatic rings. The molecule has 0 aromatic heterocycles. The average molecular weight is 347 g/mol. The second-order valence-corrected chi connectivity index (χ2v) is 20.1. The summed E-state index contributed by atoms with van der Waals surface area (Å²) in [7, 11) is -3.58. The minimum atomic E-state index is -1.56. The predicted octanol–water partition coefficient (Wildman–Crippen LogP) is 3.66. The van der Waals surface area contributed by atoms with Crippen molar-refractivity contribution in [3.8, 4) is 0 Å². The van der Waals surface area contributed by atoms with E-state index in [2.05, 4.69) is 46.2 Å². The molecule has 124 valence electrons. The molecular weight excluding hydrogens is 312 g/mol. The summed E-state index contributed by atoms with van der Waals surface area (Å²) in [4.78, 5) is 0. The van der Waals surface area contributed by atoms with Gasteiger partial charge in [-0.2, -0.15) is 0 Å². The number of hydrogen-bond donors (Lipinski definition) is 0. The number of epoxide rings is 1. The molecule has 6 heteroatoms. The normalized spacial score (nSPS) is 31.7. The monoisotopic (exact) mass is 346 g/mol. The van der Waals surface area contributed by atoms with Crippen molar-refractivity contribution in [2.75, 3.05) is 0 Å². The Hall–Kier alpha value is 0.531. The van der Waals surface area contributed by atoms with E-state index in [1.54, 1.807) is 0 Å². The SMILES string of the molecule is CC([SiH2]C(O[Si](C)(C)C)O[Si](C)(C)C)C12CCCCC1O2. The average Bonchev–Trinajstić information content (AvgIpc) is 2.99. The van der Waals surface area contributed by atoms with Crippen LogP contribution in [0.15, 0.2) is 0 Å². The summed E-state index contributed by atoms with van der Waals surface area (Å²) in [6.45, 7) is 16.0. The number of rotatable bonds is 7. The molecule has 0 amide bonds. The zero-order valence-corrected chi connectivity index (χ0v) is 18.4. The Kier molecular flexibility index (Phi) is 5.28. The minimum Gasteiger partial charge on any atom is -0.398 e. The fourth-order valence-electron chi connectivity index (χ4n) is 3.56. The van der Waals surface area contributed by atoms with Gasteiger partial charge in [-0.3, -0.25) is 0 Å². The van der Waals surface area contributed by atoms with Crippen molar-refractivity contribution >= 4 is 26.2 Å². The lowest BCUT2D eigenvalue weighted by Gasteiger charge is -2.34. The second kappa shape index (κ2) is 6.20. The van der Waals surface area contributed by atoms with E-state index >= 15 is 0 Å². The zero-order chi connectivity index (χ0) is 15.9. The first-order valence-corrected chi connectivity index (χ1v) is 17.0. The van der Waals surface area contributed by atoms with E-state index in [1.807, 2.05) is 0 Å². The van der Waals surface area contributed by atoms with Crippen LogP contribution in [0.4, 0.5) is 0 Å². The molecule has 1 aliphatic heterocycles. The van der Waals surface area contributed by atoms with Crippen molar-refractivity contribution < 1.29 is 13.6 Å². The zero-order valence-electron chi connectivity index (χ0n) is 15.0. The van der Waals surface area contributed by atoms with E-state index in [0.717, 1.165) is 0 Å². The van der Waals surface area contributed by atoms with Crippen molar-refractivity contribution in [2.24, 2.45) is 0 Å². The summed E-state index contributed by atoms with van der Waals surface area (Å²) in [5.74, 6) is 0.0967. The van der Waals surface area contributed by atoms with Gasteiger partial charge in [-0.1, -0.05) is 19.8 Å². The van der Waals surface area contributed by atoms with E-state index in [1.165, 1.54) is 25.7 Å². The number of hydrogen-bond acceptors (Lipinski definition) is 3. The lowest BCUT2D eigenvalue weighted by Crippen LogP contribution is -2.45. The van der Waals surface area contributed by atoms with Crippen LogP contribution in [0.1, 0.15) is 32.6 Å². The molecule has 3 atom stereocenters. The third-order valence-corrected chi connectivity index (χ3v) is 9.21. The summed E-state index contributed by atoms with van der Waals surface area (Å²) < 4.78 is 18.9. The molecule has 1 aliphatic carbocycles. The molecule has 0 N–H and O–H groups in total. The van der Waals surface area contributed by atoms with E-state index in [-0.39, 0.29) is 11.5 Å². The van der Waals surface area contributed by atoms with Crippen molar-refractivity contribution in [3.63, 3.8) is 0 Å². The third-order valence-electron chi connectivity index (χ3n) is 4.48. The highest BCUT2D eigenvalue weighted by Crippen LogP contribution is 2.54. The van der Waals surface area contributed by atoms with Gasteiger partial charge in [0, 0.05) is 0 Å². The molecule has 0 aromatic carbocycles. The fourth-order valence-corrected chi connectivity index (χ4v) is 10.6. The van der Waals surface area contributed by atoms with Crippen LogP contribution in [0.3, 0.4) is 0 Å². The van der Waals surface area contributed by atoms with Gasteiger partial charge in [-0.25, -0.2) is 0 Å². The first kappa shape index (κ1) is 17.9. The maximum Gasteiger partial charge on any atom is 0.186 e. The molecule has 3 unspecified atom stereocenters. The first-order valence-electron chi connectivity index (χ1n) is 8.55. The van der Waals surface area contributed by atoms with Gasteiger partial charge in [0.25, 0.3) is 0 Å². The molecular formula is C15H34O3Si3. The van der Waals surface area contributed by atoms with E-state index < -0.39 is 26.2 Å². The van der Waals surface area contributed by atoms with Gasteiger partial charge in [0.15, 0.2) is 16.6 Å². The molecule has 1 saturated heterocycles. The summed E-state index contributed by atoms with van der Waals surface area (Å²) in [5.41, 5.74) is 0.884. The Bertz CT molecular complexity index is 348. The summed E-state index contributed by atoms with van der Waals surface area (Å²) in [6, 6.07) is 0. The van der Waals surface area contributed by atoms with Crippen LogP contribution in [0.5, 0.6) is 0 Å². The van der Waals surface area contributed by atoms with Gasteiger partial charge in [-0.15, -0.1) is 0 Å². The molecule has 2 fully saturated rings. The van der Waals surface area contributed by atoms with Gasteiger partial charge in [0.2, 0.25) is 0 Å². The van der Waals surface area contributed by atoms with Crippen molar-refractivity contribution in [1.82, 2.24) is 0 Å². The minimum absolute atomic E-state index is 0.0967. The molecule has 0 radical (unpaired) electrons. The Labute approximate surface area is 135 Å². The maximum atomic E-state index is 6.40. The second-order valence-electron chi connectivity index (χ2n) is 8.83. The van der Waals surface area contributed by atoms with Gasteiger partial charge in [-0.05, 0) is 57.7 Å². The van der Waals surface area contributed by atoms with Crippen LogP contribution in [-0.4, -0.2) is 43.8 Å². The molecule has 0 bridgehead atoms. The highest BCUT2D eigenvalue weighted by molar-refractivity contribution is 6.71. The third kappa shape index (κ3) is 5.01. The smallest absolute Gasteiger partial charge is 0.186 e. The standard InChI is InChI=1S/C15H34O3Si3/c1-12(15-11-9-8-10-13(15)16-15)19-14(17-20(2,3)4)18-21(5,6)7/h12-14H,8-11,19H2,1-7H3. The Morgan fingerprint density at radius 3 is 2.10 bits per heavy atom. The first-order chi connectivity index (χ1) is 9.52. The Morgan fingerprint density at radius 1 is 1.05 bits per heavy atom. The lowest BCUT2D eigenvalue weighted by atomic mass is 9.87. The molecule has 3 nitrogen and oxygen atoms in total. The molecule has 1 heterocycles. The predicted molar refractivity (Wildman–Crippen MR) is 96.7 cm³/mol. The van der Waals surface area contributed by atoms with E-state index in [9.17, 15) is 0 Å². The van der Waals surface area contributed by atoms with Gasteiger partial charge >= 0.3 is 0 Å². The fraction of sp³-hybridized carbons (Fsp3) is 1.00. The van der Waals surface area contributed by atoms with Crippen LogP contribution < -0.4 is 0 Å². The molecule has 2 rings (SSSR count). The highest BCUT2D eigenvalue weighted by Gasteiger charge is 2.60. The van der Waals surface area contributed by atoms with Crippen LogP contribution in [0, 0.1) is 0 Å². The lowest BCUT2D eigenvalue weighted by molar-refractivity contribution is 0.0582. The molecule has 1 saturated carbocycles. The van der Waals surface area contributed by atoms with Crippen LogP contribution in [-0.2, 0) is 13.6 Å². The topological polar surface area (TPSA) is 31.0 Å². The van der Waals surface area contributed by atoms with Gasteiger partial charge < -0.3 is 13.6 Å². The summed E-state index contributed by atoms with van der Waals surface area (Å²) in [5, 5.41) is 0. The molecule has 21 heavy (non-hydrogen) atoms. The van der Waals surface area contributed by atoms with Crippen molar-refractivity contribution in [3.05, 3.63) is 0 Å². The molecule has 0 aromatic rings. The summed E-state index contributed by atoms with van der Waals surface area (Å²) >= 11 is 0. The van der Waals surface area contributed by atoms with Gasteiger partial charge in [0.1, 0.15) is 5.91 Å². The maximum absolute atomic E-state index is 6.40. The van der Waals surface area contributed by atoms with Crippen molar-refractivity contribution in [1.29, 1.82) is 0 Å². The van der Waals surface area contributed by atoms with Crippen LogP contribution in [0.2, 0.25) is 44.8 Å². The van der Waals surface area contributed by atoms with Gasteiger partial charge in [0.05, 0.1) is 21.2 Å². The molecule has 0 spiro atoms. The van der Waals surface area contributed by atoms with E-state index in [0.29, 0.717) is 11.6 Å². The quantitative estimate of drug-likeness (QED) is 0.400. The van der Waals surface area contributed by atoms with Crippen molar-refractivity contribution in [2.45, 2.75) is 95.0 Å². The van der Waals surface area contributed by atoms with Crippen LogP contribution >= 0.6 is 0 Å². The number of ether oxygens (including phenoxy) is 1. The largest absolute Gasteiger partial charge is 0.398 e. The van der Waals surface area contributed by atoms with Crippen LogP contribution in [0.25, 0.3) is 0 Å². The number of fused-ring (bicyclic) bond motifs is 1. The highest BCUT2D eigenvalue weighted by atomic mass is 28.4. The Morgan fingerprint density at radius 2 is 1.62 bits per heavy atom. The summed E-state index contributed by atoms with van der Waals surface area (Å²) in [6.07, 6.45) is 5.77. The van der Waals surface area contributed by atoms with E-state index in [4.69, 9.17) is 13.6 Å².